The van der Waals surface area contributed by atoms with Crippen LogP contribution in [-0.4, -0.2) is 19.6 Å². The third-order valence-electron chi connectivity index (χ3n) is 2.95. The first-order chi connectivity index (χ1) is 9.70. The molecule has 0 aliphatic rings. The van der Waals surface area contributed by atoms with Gasteiger partial charge in [0.05, 0.1) is 0 Å². The summed E-state index contributed by atoms with van der Waals surface area (Å²) in [5, 5.41) is 8.62. The van der Waals surface area contributed by atoms with Gasteiger partial charge >= 0.3 is 0 Å². The van der Waals surface area contributed by atoms with Crippen LogP contribution < -0.4 is 10.5 Å². The van der Waals surface area contributed by atoms with E-state index in [2.05, 4.69) is 15.2 Å². The second kappa shape index (κ2) is 5.07. The molecule has 0 aliphatic heterocycles. The molecule has 6 nitrogen and oxygen atoms in total. The number of rotatable bonds is 3. The van der Waals surface area contributed by atoms with Gasteiger partial charge in [-0.25, -0.2) is 4.98 Å². The normalized spacial score (nSPS) is 10.9. The highest BCUT2D eigenvalue weighted by molar-refractivity contribution is 6.31. The van der Waals surface area contributed by atoms with Gasteiger partial charge in [0.25, 0.3) is 5.88 Å². The van der Waals surface area contributed by atoms with Gasteiger partial charge in [-0.15, -0.1) is 10.2 Å². The lowest BCUT2D eigenvalue weighted by molar-refractivity contribution is 0.459. The molecule has 0 unspecified atom stereocenters. The molecule has 0 fully saturated rings. The Balaban J connectivity index is 2.08. The quantitative estimate of drug-likeness (QED) is 0.800. The Morgan fingerprint density at radius 3 is 3.00 bits per heavy atom. The lowest BCUT2D eigenvalue weighted by Gasteiger charge is -2.10. The number of aryl methyl sites for hydroxylation is 1. The van der Waals surface area contributed by atoms with Crippen molar-refractivity contribution >= 4 is 17.2 Å². The summed E-state index contributed by atoms with van der Waals surface area (Å²) in [4.78, 5) is 4.19. The van der Waals surface area contributed by atoms with Gasteiger partial charge in [-0.2, -0.15) is 0 Å². The Kier molecular flexibility index (Phi) is 3.25. The number of nitrogens with zero attached hydrogens (tertiary/aromatic N) is 4. The van der Waals surface area contributed by atoms with Crippen molar-refractivity contribution in [2.24, 2.45) is 5.73 Å². The van der Waals surface area contributed by atoms with Crippen LogP contribution in [0.25, 0.3) is 5.65 Å². The molecule has 0 atom stereocenters. The molecule has 1 aromatic carbocycles. The molecule has 0 radical (unpaired) electrons. The summed E-state index contributed by atoms with van der Waals surface area (Å²) in [5.41, 5.74) is 6.98. The monoisotopic (exact) mass is 289 g/mol. The van der Waals surface area contributed by atoms with E-state index >= 15 is 0 Å². The number of aromatic nitrogens is 4. The van der Waals surface area contributed by atoms with Gasteiger partial charge in [-0.3, -0.25) is 4.40 Å². The predicted molar refractivity (Wildman–Crippen MR) is 74.9 cm³/mol. The Hall–Kier alpha value is -2.18. The molecule has 3 aromatic rings. The Morgan fingerprint density at radius 1 is 1.35 bits per heavy atom. The van der Waals surface area contributed by atoms with Crippen LogP contribution in [0.2, 0.25) is 5.02 Å². The average molecular weight is 290 g/mol. The van der Waals surface area contributed by atoms with Crippen molar-refractivity contribution in [3.63, 3.8) is 0 Å². The first-order valence-electron chi connectivity index (χ1n) is 6.02. The zero-order valence-electron chi connectivity index (χ0n) is 10.7. The lowest BCUT2D eigenvalue weighted by Crippen LogP contribution is -2.02. The second-order valence-corrected chi connectivity index (χ2v) is 4.60. The Morgan fingerprint density at radius 2 is 2.20 bits per heavy atom. The SMILES string of the molecule is Cc1nnc2c(Oc3cccc(Cl)c3CN)nccn12. The van der Waals surface area contributed by atoms with E-state index in [4.69, 9.17) is 22.1 Å². The van der Waals surface area contributed by atoms with Gasteiger partial charge < -0.3 is 10.5 Å². The van der Waals surface area contributed by atoms with E-state index in [0.29, 0.717) is 22.3 Å². The van der Waals surface area contributed by atoms with Crippen LogP contribution >= 0.6 is 11.6 Å². The summed E-state index contributed by atoms with van der Waals surface area (Å²) < 4.78 is 7.61. The van der Waals surface area contributed by atoms with Crippen LogP contribution in [0.15, 0.2) is 30.6 Å². The summed E-state index contributed by atoms with van der Waals surface area (Å²) in [6.07, 6.45) is 3.41. The molecule has 0 saturated heterocycles. The van der Waals surface area contributed by atoms with Crippen molar-refractivity contribution in [2.75, 3.05) is 0 Å². The fourth-order valence-corrected chi connectivity index (χ4v) is 2.17. The highest BCUT2D eigenvalue weighted by Gasteiger charge is 2.13. The highest BCUT2D eigenvalue weighted by Crippen LogP contribution is 2.30. The van der Waals surface area contributed by atoms with E-state index in [9.17, 15) is 0 Å². The summed E-state index contributed by atoms with van der Waals surface area (Å²) in [6, 6.07) is 5.36. The zero-order valence-corrected chi connectivity index (χ0v) is 11.5. The molecule has 7 heteroatoms. The molecule has 0 saturated carbocycles. The van der Waals surface area contributed by atoms with Gasteiger partial charge in [0.1, 0.15) is 11.6 Å². The van der Waals surface area contributed by atoms with Crippen molar-refractivity contribution in [2.45, 2.75) is 13.5 Å². The van der Waals surface area contributed by atoms with E-state index in [-0.39, 0.29) is 6.54 Å². The minimum absolute atomic E-state index is 0.282. The van der Waals surface area contributed by atoms with E-state index in [1.807, 2.05) is 6.92 Å². The Bertz CT molecular complexity index is 771. The molecule has 2 N–H and O–H groups in total. The number of benzene rings is 1. The van der Waals surface area contributed by atoms with Crippen molar-refractivity contribution in [1.82, 2.24) is 19.6 Å². The summed E-state index contributed by atoms with van der Waals surface area (Å²) in [6.45, 7) is 2.14. The summed E-state index contributed by atoms with van der Waals surface area (Å²) in [5.74, 6) is 1.70. The van der Waals surface area contributed by atoms with Crippen LogP contribution in [0.3, 0.4) is 0 Å². The van der Waals surface area contributed by atoms with E-state index in [1.165, 1.54) is 0 Å². The molecule has 3 rings (SSSR count). The third kappa shape index (κ3) is 2.09. The minimum Gasteiger partial charge on any atom is -0.435 e. The number of hydrogen-bond donors (Lipinski definition) is 1. The maximum absolute atomic E-state index is 6.10. The number of fused-ring (bicyclic) bond motifs is 1. The van der Waals surface area contributed by atoms with E-state index < -0.39 is 0 Å². The molecule has 0 bridgehead atoms. The highest BCUT2D eigenvalue weighted by atomic mass is 35.5. The maximum atomic E-state index is 6.10. The maximum Gasteiger partial charge on any atom is 0.265 e. The number of hydrogen-bond acceptors (Lipinski definition) is 5. The summed E-state index contributed by atoms with van der Waals surface area (Å²) in [7, 11) is 0. The standard InChI is InChI=1S/C13H12ClN5O/c1-8-17-18-12-13(16-5-6-19(8)12)20-11-4-2-3-10(14)9(11)7-15/h2-6H,7,15H2,1H3. The smallest absolute Gasteiger partial charge is 0.265 e. The molecule has 102 valence electrons. The van der Waals surface area contributed by atoms with Crippen molar-refractivity contribution in [3.8, 4) is 11.6 Å². The zero-order chi connectivity index (χ0) is 14.1. The van der Waals surface area contributed by atoms with E-state index in [1.54, 1.807) is 35.0 Å². The van der Waals surface area contributed by atoms with Crippen molar-refractivity contribution < 1.29 is 4.74 Å². The second-order valence-electron chi connectivity index (χ2n) is 4.20. The molecule has 20 heavy (non-hydrogen) atoms. The van der Waals surface area contributed by atoms with Crippen LogP contribution in [-0.2, 0) is 6.54 Å². The molecular weight excluding hydrogens is 278 g/mol. The lowest BCUT2D eigenvalue weighted by atomic mass is 10.2. The minimum atomic E-state index is 0.282. The van der Waals surface area contributed by atoms with Gasteiger partial charge in [-0.05, 0) is 19.1 Å². The molecule has 0 aliphatic carbocycles. The first kappa shape index (κ1) is 12.8. The number of ether oxygens (including phenoxy) is 1. The number of nitrogens with two attached hydrogens (primary N) is 1. The molecule has 2 heterocycles. The van der Waals surface area contributed by atoms with Crippen LogP contribution in [0.5, 0.6) is 11.6 Å². The third-order valence-corrected chi connectivity index (χ3v) is 3.31. The van der Waals surface area contributed by atoms with Gasteiger partial charge in [0, 0.05) is 29.5 Å². The van der Waals surface area contributed by atoms with Gasteiger partial charge in [-0.1, -0.05) is 17.7 Å². The Labute approximate surface area is 120 Å². The fraction of sp³-hybridized carbons (Fsp3) is 0.154. The molecule has 0 amide bonds. The van der Waals surface area contributed by atoms with Gasteiger partial charge in [0.15, 0.2) is 0 Å². The largest absolute Gasteiger partial charge is 0.435 e. The predicted octanol–water partition coefficient (Wildman–Crippen LogP) is 2.34. The van der Waals surface area contributed by atoms with Gasteiger partial charge in [0.2, 0.25) is 5.65 Å². The van der Waals surface area contributed by atoms with Crippen LogP contribution in [0, 0.1) is 6.92 Å². The first-order valence-corrected chi connectivity index (χ1v) is 6.40. The van der Waals surface area contributed by atoms with E-state index in [0.717, 1.165) is 11.4 Å². The summed E-state index contributed by atoms with van der Waals surface area (Å²) >= 11 is 6.10. The van der Waals surface area contributed by atoms with Crippen LogP contribution in [0.4, 0.5) is 0 Å². The van der Waals surface area contributed by atoms with Crippen molar-refractivity contribution in [3.05, 3.63) is 47.0 Å². The van der Waals surface area contributed by atoms with Crippen LogP contribution in [0.1, 0.15) is 11.4 Å². The topological polar surface area (TPSA) is 78.3 Å². The number of halogens is 1. The van der Waals surface area contributed by atoms with Crippen molar-refractivity contribution in [1.29, 1.82) is 0 Å². The molecule has 2 aromatic heterocycles. The molecular formula is C13H12ClN5O. The fourth-order valence-electron chi connectivity index (χ4n) is 1.93. The average Bonchev–Trinajstić information content (AvgIpc) is 2.82. The molecule has 0 spiro atoms.